The Balaban J connectivity index is 1.33. The minimum absolute atomic E-state index is 0.110. The van der Waals surface area contributed by atoms with Crippen LogP contribution in [0, 0.1) is 5.92 Å². The molecule has 2 aromatic rings. The van der Waals surface area contributed by atoms with Crippen LogP contribution in [0.5, 0.6) is 11.6 Å². The van der Waals surface area contributed by atoms with Crippen LogP contribution in [0.1, 0.15) is 30.4 Å². The van der Waals surface area contributed by atoms with E-state index in [-0.39, 0.29) is 6.42 Å². The number of piperidine rings is 1. The summed E-state index contributed by atoms with van der Waals surface area (Å²) in [4.78, 5) is 19.9. The van der Waals surface area contributed by atoms with Gasteiger partial charge in [-0.25, -0.2) is 4.98 Å². The van der Waals surface area contributed by atoms with Gasteiger partial charge in [0.25, 0.3) is 0 Å². The number of allylic oxidation sites excluding steroid dienone is 2. The Morgan fingerprint density at radius 1 is 1.18 bits per heavy atom. The van der Waals surface area contributed by atoms with Gasteiger partial charge in [-0.3, -0.25) is 4.79 Å². The molecule has 1 saturated heterocycles. The average Bonchev–Trinajstić information content (AvgIpc) is 2.88. The topological polar surface area (TPSA) is 75.1 Å². The van der Waals surface area contributed by atoms with E-state index in [9.17, 15) is 4.79 Å². The summed E-state index contributed by atoms with van der Waals surface area (Å²) in [6.45, 7) is 4.35. The summed E-state index contributed by atoms with van der Waals surface area (Å²) < 4.78 is 11.5. The Morgan fingerprint density at radius 2 is 2.03 bits per heavy atom. The second kappa shape index (κ2) is 11.6. The van der Waals surface area contributed by atoms with Crippen molar-refractivity contribution in [1.29, 1.82) is 0 Å². The lowest BCUT2D eigenvalue weighted by Crippen LogP contribution is -2.36. The number of methoxy groups -OCH3 is 1. The van der Waals surface area contributed by atoms with Gasteiger partial charge in [0.2, 0.25) is 5.88 Å². The van der Waals surface area contributed by atoms with Crippen molar-refractivity contribution >= 4 is 11.7 Å². The van der Waals surface area contributed by atoms with Crippen LogP contribution in [0.15, 0.2) is 61.0 Å². The molecular weight excluding hydrogens is 430 g/mol. The number of benzene rings is 1. The van der Waals surface area contributed by atoms with E-state index >= 15 is 0 Å². The largest absolute Gasteiger partial charge is 0.497 e. The molecule has 34 heavy (non-hydrogen) atoms. The maximum absolute atomic E-state index is 10.8. The van der Waals surface area contributed by atoms with Gasteiger partial charge < -0.3 is 24.4 Å². The van der Waals surface area contributed by atoms with E-state index in [4.69, 9.17) is 14.6 Å². The van der Waals surface area contributed by atoms with Crippen LogP contribution in [-0.2, 0) is 17.8 Å². The van der Waals surface area contributed by atoms with Crippen molar-refractivity contribution in [2.75, 3.05) is 38.3 Å². The SMILES string of the molecule is COc1ccc(CN2C=CC=CC2)c(N2CCC(COc3cc(CCC(=O)O)ccn3)CC2)c1. The highest BCUT2D eigenvalue weighted by Crippen LogP contribution is 2.31. The number of nitrogens with zero attached hydrogens (tertiary/aromatic N) is 3. The molecule has 7 nitrogen and oxygen atoms in total. The van der Waals surface area contributed by atoms with Gasteiger partial charge >= 0.3 is 5.97 Å². The third-order valence-corrected chi connectivity index (χ3v) is 6.40. The third-order valence-electron chi connectivity index (χ3n) is 6.40. The first-order valence-corrected chi connectivity index (χ1v) is 11.9. The fourth-order valence-corrected chi connectivity index (χ4v) is 4.42. The number of pyridine rings is 1. The molecular formula is C27H33N3O4. The van der Waals surface area contributed by atoms with Gasteiger partial charge in [-0.2, -0.15) is 0 Å². The minimum Gasteiger partial charge on any atom is -0.497 e. The molecule has 0 saturated carbocycles. The normalized spacial score (nSPS) is 16.0. The van der Waals surface area contributed by atoms with Crippen LogP contribution in [0.3, 0.4) is 0 Å². The quantitative estimate of drug-likeness (QED) is 0.563. The number of carbonyl (C=O) groups is 1. The summed E-state index contributed by atoms with van der Waals surface area (Å²) in [5.41, 5.74) is 3.49. The van der Waals surface area contributed by atoms with Crippen molar-refractivity contribution in [2.24, 2.45) is 5.92 Å². The predicted octanol–water partition coefficient (Wildman–Crippen LogP) is 4.29. The smallest absolute Gasteiger partial charge is 0.303 e. The van der Waals surface area contributed by atoms with Gasteiger partial charge in [-0.1, -0.05) is 18.2 Å². The number of aliphatic carboxylic acids is 1. The summed E-state index contributed by atoms with van der Waals surface area (Å²) in [5, 5.41) is 8.88. The second-order valence-electron chi connectivity index (χ2n) is 8.83. The third kappa shape index (κ3) is 6.53. The van der Waals surface area contributed by atoms with Crippen molar-refractivity contribution < 1.29 is 19.4 Å². The highest BCUT2D eigenvalue weighted by atomic mass is 16.5. The molecule has 0 spiro atoms. The van der Waals surface area contributed by atoms with Gasteiger partial charge in [0, 0.05) is 56.6 Å². The van der Waals surface area contributed by atoms with Crippen molar-refractivity contribution in [2.45, 2.75) is 32.2 Å². The van der Waals surface area contributed by atoms with Gasteiger partial charge in [-0.15, -0.1) is 0 Å². The number of aromatic nitrogens is 1. The standard InChI is InChI=1S/C27H33N3O4/c1-33-24-7-6-23(19-29-13-3-2-4-14-29)25(18-24)30-15-10-22(11-16-30)20-34-26-17-21(9-12-28-26)5-8-27(31)32/h2-4,6-7,9,12-13,17-18,22H,5,8,10-11,14-16,19-20H2,1H3,(H,31,32). The molecule has 1 fully saturated rings. The molecule has 1 aromatic carbocycles. The number of carboxylic acids is 1. The highest BCUT2D eigenvalue weighted by molar-refractivity contribution is 5.67. The molecule has 1 aromatic heterocycles. The van der Waals surface area contributed by atoms with E-state index in [1.54, 1.807) is 13.3 Å². The zero-order valence-electron chi connectivity index (χ0n) is 19.7. The van der Waals surface area contributed by atoms with Crippen LogP contribution in [0.2, 0.25) is 0 Å². The first-order chi connectivity index (χ1) is 16.6. The van der Waals surface area contributed by atoms with Crippen LogP contribution in [0.4, 0.5) is 5.69 Å². The lowest BCUT2D eigenvalue weighted by atomic mass is 9.96. The number of hydrogen-bond acceptors (Lipinski definition) is 6. The summed E-state index contributed by atoms with van der Waals surface area (Å²) in [7, 11) is 1.71. The van der Waals surface area contributed by atoms with Crippen LogP contribution in [-0.4, -0.2) is 54.3 Å². The summed E-state index contributed by atoms with van der Waals surface area (Å²) in [5.74, 6) is 1.12. The number of hydrogen-bond donors (Lipinski definition) is 1. The van der Waals surface area contributed by atoms with Gasteiger partial charge in [0.05, 0.1) is 13.7 Å². The Kier molecular flexibility index (Phi) is 8.07. The predicted molar refractivity (Wildman–Crippen MR) is 132 cm³/mol. The summed E-state index contributed by atoms with van der Waals surface area (Å²) in [6, 6.07) is 10.1. The summed E-state index contributed by atoms with van der Waals surface area (Å²) in [6.07, 6.45) is 12.8. The van der Waals surface area contributed by atoms with E-state index in [0.717, 1.165) is 50.3 Å². The molecule has 0 radical (unpaired) electrons. The van der Waals surface area contributed by atoms with E-state index in [2.05, 4.69) is 51.3 Å². The number of carboxylic acid groups (broad SMARTS) is 1. The highest BCUT2D eigenvalue weighted by Gasteiger charge is 2.23. The molecule has 180 valence electrons. The molecule has 2 aliphatic rings. The minimum atomic E-state index is -0.797. The molecule has 0 amide bonds. The van der Waals surface area contributed by atoms with E-state index in [1.807, 2.05) is 18.2 Å². The molecule has 2 aliphatic heterocycles. The fraction of sp³-hybridized carbons (Fsp3) is 0.407. The monoisotopic (exact) mass is 463 g/mol. The Bertz CT molecular complexity index is 1030. The van der Waals surface area contributed by atoms with Crippen LogP contribution in [0.25, 0.3) is 0 Å². The van der Waals surface area contributed by atoms with E-state index < -0.39 is 5.97 Å². The molecule has 0 atom stereocenters. The second-order valence-corrected chi connectivity index (χ2v) is 8.83. The molecule has 0 bridgehead atoms. The van der Waals surface area contributed by atoms with Crippen molar-refractivity contribution in [3.05, 3.63) is 72.1 Å². The van der Waals surface area contributed by atoms with Gasteiger partial charge in [0.15, 0.2) is 0 Å². The Labute approximate surface area is 201 Å². The Hall–Kier alpha value is -3.48. The first kappa shape index (κ1) is 23.7. The lowest BCUT2D eigenvalue weighted by molar-refractivity contribution is -0.136. The van der Waals surface area contributed by atoms with Crippen molar-refractivity contribution in [3.63, 3.8) is 0 Å². The van der Waals surface area contributed by atoms with E-state index in [0.29, 0.717) is 24.8 Å². The van der Waals surface area contributed by atoms with Gasteiger partial charge in [-0.05, 0) is 60.7 Å². The van der Waals surface area contributed by atoms with Crippen LogP contribution < -0.4 is 14.4 Å². The molecule has 4 rings (SSSR count). The number of rotatable bonds is 10. The van der Waals surface area contributed by atoms with Crippen molar-refractivity contribution in [3.8, 4) is 11.6 Å². The molecule has 3 heterocycles. The maximum atomic E-state index is 10.8. The lowest BCUT2D eigenvalue weighted by Gasteiger charge is -2.35. The molecule has 7 heteroatoms. The molecule has 1 N–H and O–H groups in total. The number of anilines is 1. The number of aryl methyl sites for hydroxylation is 1. The number of ether oxygens (including phenoxy) is 2. The molecule has 0 aliphatic carbocycles. The van der Waals surface area contributed by atoms with E-state index in [1.165, 1.54) is 11.3 Å². The molecule has 0 unspecified atom stereocenters. The fourth-order valence-electron chi connectivity index (χ4n) is 4.42. The summed E-state index contributed by atoms with van der Waals surface area (Å²) >= 11 is 0. The van der Waals surface area contributed by atoms with Crippen molar-refractivity contribution in [1.82, 2.24) is 9.88 Å². The zero-order valence-corrected chi connectivity index (χ0v) is 19.7. The van der Waals surface area contributed by atoms with Crippen LogP contribution >= 0.6 is 0 Å². The zero-order chi connectivity index (χ0) is 23.8. The Morgan fingerprint density at radius 3 is 2.76 bits per heavy atom. The first-order valence-electron chi connectivity index (χ1n) is 11.9. The average molecular weight is 464 g/mol. The van der Waals surface area contributed by atoms with Gasteiger partial charge in [0.1, 0.15) is 5.75 Å². The maximum Gasteiger partial charge on any atom is 0.303 e.